The zero-order valence-electron chi connectivity index (χ0n) is 7.90. The van der Waals surface area contributed by atoms with E-state index in [0.717, 1.165) is 25.3 Å². The molecule has 0 aliphatic heterocycles. The first-order valence-corrected chi connectivity index (χ1v) is 5.63. The van der Waals surface area contributed by atoms with Crippen molar-refractivity contribution < 1.29 is 4.42 Å². The fourth-order valence-corrected chi connectivity index (χ4v) is 1.96. The molecule has 0 atom stereocenters. The van der Waals surface area contributed by atoms with E-state index in [9.17, 15) is 0 Å². The Morgan fingerprint density at radius 1 is 1.36 bits per heavy atom. The van der Waals surface area contributed by atoms with Crippen molar-refractivity contribution in [1.82, 2.24) is 5.32 Å². The van der Waals surface area contributed by atoms with Gasteiger partial charge in [0.05, 0.1) is 6.26 Å². The number of hydrogen-bond acceptors (Lipinski definition) is 3. The van der Waals surface area contributed by atoms with Crippen LogP contribution in [0.3, 0.4) is 0 Å². The van der Waals surface area contributed by atoms with Crippen molar-refractivity contribution in [3.63, 3.8) is 0 Å². The zero-order valence-corrected chi connectivity index (χ0v) is 8.72. The van der Waals surface area contributed by atoms with E-state index in [4.69, 9.17) is 4.42 Å². The van der Waals surface area contributed by atoms with Crippen molar-refractivity contribution >= 4 is 11.3 Å². The third-order valence-corrected chi connectivity index (χ3v) is 2.77. The van der Waals surface area contributed by atoms with Crippen molar-refractivity contribution in [3.05, 3.63) is 46.5 Å². The van der Waals surface area contributed by atoms with E-state index >= 15 is 0 Å². The highest BCUT2D eigenvalue weighted by atomic mass is 32.1. The van der Waals surface area contributed by atoms with Crippen LogP contribution in [0.4, 0.5) is 0 Å². The van der Waals surface area contributed by atoms with Crippen LogP contribution in [0.1, 0.15) is 11.3 Å². The molecule has 2 aromatic heterocycles. The van der Waals surface area contributed by atoms with Gasteiger partial charge in [0, 0.05) is 19.5 Å². The molecule has 0 amide bonds. The van der Waals surface area contributed by atoms with E-state index < -0.39 is 0 Å². The van der Waals surface area contributed by atoms with Gasteiger partial charge in [0.15, 0.2) is 0 Å². The summed E-state index contributed by atoms with van der Waals surface area (Å²) >= 11 is 1.74. The van der Waals surface area contributed by atoms with Crippen LogP contribution < -0.4 is 5.32 Å². The number of hydrogen-bond donors (Lipinski definition) is 1. The van der Waals surface area contributed by atoms with Crippen LogP contribution in [0.5, 0.6) is 0 Å². The molecule has 0 bridgehead atoms. The van der Waals surface area contributed by atoms with Crippen LogP contribution in [0.25, 0.3) is 0 Å². The molecule has 0 unspecified atom stereocenters. The van der Waals surface area contributed by atoms with Gasteiger partial charge in [0.1, 0.15) is 5.76 Å². The SMILES string of the molecule is c1coc(CCNCc2ccsc2)c1. The lowest BCUT2D eigenvalue weighted by Gasteiger charge is -2.00. The topological polar surface area (TPSA) is 25.2 Å². The Morgan fingerprint density at radius 2 is 2.36 bits per heavy atom. The minimum atomic E-state index is 0.949. The summed E-state index contributed by atoms with van der Waals surface area (Å²) in [7, 11) is 0. The summed E-state index contributed by atoms with van der Waals surface area (Å²) in [6, 6.07) is 6.07. The standard InChI is InChI=1S/C11H13NOS/c1-2-11(13-6-1)3-5-12-8-10-4-7-14-9-10/h1-2,4,6-7,9,12H,3,5,8H2. The smallest absolute Gasteiger partial charge is 0.105 e. The van der Waals surface area contributed by atoms with Gasteiger partial charge in [-0.25, -0.2) is 0 Å². The lowest BCUT2D eigenvalue weighted by molar-refractivity contribution is 0.499. The normalized spacial score (nSPS) is 10.6. The van der Waals surface area contributed by atoms with Crippen molar-refractivity contribution in [3.8, 4) is 0 Å². The molecule has 0 aromatic carbocycles. The van der Waals surface area contributed by atoms with Crippen molar-refractivity contribution in [2.75, 3.05) is 6.54 Å². The molecule has 0 fully saturated rings. The minimum Gasteiger partial charge on any atom is -0.469 e. The van der Waals surface area contributed by atoms with E-state index in [1.807, 2.05) is 12.1 Å². The number of nitrogens with one attached hydrogen (secondary N) is 1. The van der Waals surface area contributed by atoms with Gasteiger partial charge in [-0.15, -0.1) is 0 Å². The summed E-state index contributed by atoms with van der Waals surface area (Å²) in [5.41, 5.74) is 1.36. The Kier molecular flexibility index (Phi) is 3.38. The third kappa shape index (κ3) is 2.72. The average Bonchev–Trinajstić information content (AvgIpc) is 2.86. The first kappa shape index (κ1) is 9.49. The first-order valence-electron chi connectivity index (χ1n) is 4.69. The molecule has 2 aromatic rings. The first-order chi connectivity index (χ1) is 6.95. The van der Waals surface area contributed by atoms with Crippen molar-refractivity contribution in [2.45, 2.75) is 13.0 Å². The molecular formula is C11H13NOS. The van der Waals surface area contributed by atoms with E-state index in [-0.39, 0.29) is 0 Å². The summed E-state index contributed by atoms with van der Waals surface area (Å²) < 4.78 is 5.23. The van der Waals surface area contributed by atoms with E-state index in [0.29, 0.717) is 0 Å². The van der Waals surface area contributed by atoms with Crippen LogP contribution in [-0.2, 0) is 13.0 Å². The molecule has 0 spiro atoms. The summed E-state index contributed by atoms with van der Waals surface area (Å²) in [5, 5.41) is 7.64. The molecule has 0 aliphatic rings. The lowest BCUT2D eigenvalue weighted by atomic mass is 10.3. The largest absolute Gasteiger partial charge is 0.469 e. The van der Waals surface area contributed by atoms with Gasteiger partial charge in [-0.3, -0.25) is 0 Å². The average molecular weight is 207 g/mol. The fraction of sp³-hybridized carbons (Fsp3) is 0.273. The predicted molar refractivity (Wildman–Crippen MR) is 58.4 cm³/mol. The molecule has 0 saturated heterocycles. The summed E-state index contributed by atoms with van der Waals surface area (Å²) in [6.45, 7) is 1.91. The second-order valence-corrected chi connectivity index (χ2v) is 3.92. The van der Waals surface area contributed by atoms with Gasteiger partial charge >= 0.3 is 0 Å². The highest BCUT2D eigenvalue weighted by Crippen LogP contribution is 2.05. The number of thiophene rings is 1. The molecule has 0 saturated carbocycles. The fourth-order valence-electron chi connectivity index (χ4n) is 1.29. The molecular weight excluding hydrogens is 194 g/mol. The van der Waals surface area contributed by atoms with Gasteiger partial charge in [0.25, 0.3) is 0 Å². The Labute approximate surface area is 87.6 Å². The highest BCUT2D eigenvalue weighted by Gasteiger charge is 1.95. The molecule has 74 valence electrons. The molecule has 1 N–H and O–H groups in total. The van der Waals surface area contributed by atoms with Gasteiger partial charge < -0.3 is 9.73 Å². The van der Waals surface area contributed by atoms with E-state index in [1.165, 1.54) is 5.56 Å². The van der Waals surface area contributed by atoms with Crippen LogP contribution in [0.2, 0.25) is 0 Å². The molecule has 2 nitrogen and oxygen atoms in total. The van der Waals surface area contributed by atoms with Crippen LogP contribution in [0.15, 0.2) is 39.6 Å². The maximum atomic E-state index is 5.23. The van der Waals surface area contributed by atoms with Gasteiger partial charge in [-0.2, -0.15) is 11.3 Å². The molecule has 14 heavy (non-hydrogen) atoms. The van der Waals surface area contributed by atoms with E-state index in [1.54, 1.807) is 17.6 Å². The summed E-state index contributed by atoms with van der Waals surface area (Å²) in [6.07, 6.45) is 2.67. The Hall–Kier alpha value is -1.06. The van der Waals surface area contributed by atoms with Crippen LogP contribution in [-0.4, -0.2) is 6.54 Å². The van der Waals surface area contributed by atoms with Crippen molar-refractivity contribution in [1.29, 1.82) is 0 Å². The van der Waals surface area contributed by atoms with Gasteiger partial charge in [0.2, 0.25) is 0 Å². The second-order valence-electron chi connectivity index (χ2n) is 3.14. The molecule has 0 radical (unpaired) electrons. The summed E-state index contributed by atoms with van der Waals surface area (Å²) in [4.78, 5) is 0. The third-order valence-electron chi connectivity index (χ3n) is 2.04. The minimum absolute atomic E-state index is 0.949. The zero-order chi connectivity index (χ0) is 9.64. The monoisotopic (exact) mass is 207 g/mol. The van der Waals surface area contributed by atoms with Gasteiger partial charge in [-0.1, -0.05) is 0 Å². The predicted octanol–water partition coefficient (Wildman–Crippen LogP) is 2.67. The highest BCUT2D eigenvalue weighted by molar-refractivity contribution is 7.07. The van der Waals surface area contributed by atoms with Crippen LogP contribution >= 0.6 is 11.3 Å². The van der Waals surface area contributed by atoms with Crippen LogP contribution in [0, 0.1) is 0 Å². The Morgan fingerprint density at radius 3 is 3.07 bits per heavy atom. The van der Waals surface area contributed by atoms with Gasteiger partial charge in [-0.05, 0) is 34.5 Å². The number of rotatable bonds is 5. The molecule has 2 rings (SSSR count). The molecule has 0 aliphatic carbocycles. The molecule has 3 heteroatoms. The maximum absolute atomic E-state index is 5.23. The van der Waals surface area contributed by atoms with Crippen molar-refractivity contribution in [2.24, 2.45) is 0 Å². The quantitative estimate of drug-likeness (QED) is 0.762. The Bertz CT molecular complexity index is 303. The van der Waals surface area contributed by atoms with E-state index in [2.05, 4.69) is 22.1 Å². The summed E-state index contributed by atoms with van der Waals surface area (Å²) in [5.74, 6) is 1.04. The number of furan rings is 1. The maximum Gasteiger partial charge on any atom is 0.105 e. The second kappa shape index (κ2) is 4.98. The Balaban J connectivity index is 1.65. The molecule has 2 heterocycles. The lowest BCUT2D eigenvalue weighted by Crippen LogP contribution is -2.15.